The van der Waals surface area contributed by atoms with Crippen LogP contribution in [0.5, 0.6) is 0 Å². The normalized spacial score (nSPS) is 13.2. The van der Waals surface area contributed by atoms with Crippen molar-refractivity contribution in [3.63, 3.8) is 0 Å². The molecule has 0 amide bonds. The highest BCUT2D eigenvalue weighted by molar-refractivity contribution is 7.99. The molecule has 12 heavy (non-hydrogen) atoms. The number of thioether (sulfide) groups is 1. The Labute approximate surface area is 81.7 Å². The van der Waals surface area contributed by atoms with Gasteiger partial charge in [-0.25, -0.2) is 0 Å². The van der Waals surface area contributed by atoms with Crippen LogP contribution in [0, 0.1) is 0 Å². The molecule has 0 aromatic heterocycles. The molecule has 0 aliphatic heterocycles. The van der Waals surface area contributed by atoms with Crippen LogP contribution in [0.2, 0.25) is 0 Å². The van der Waals surface area contributed by atoms with Gasteiger partial charge in [-0.2, -0.15) is 11.8 Å². The summed E-state index contributed by atoms with van der Waals surface area (Å²) in [5, 5.41) is 3.50. The molecule has 1 unspecified atom stereocenters. The summed E-state index contributed by atoms with van der Waals surface area (Å²) >= 11 is 2.08. The Kier molecular flexibility index (Phi) is 9.64. The topological polar surface area (TPSA) is 12.0 Å². The van der Waals surface area contributed by atoms with E-state index in [2.05, 4.69) is 37.8 Å². The second-order valence-corrected chi connectivity index (χ2v) is 4.48. The highest BCUT2D eigenvalue weighted by Gasteiger charge is 1.98. The quantitative estimate of drug-likeness (QED) is 0.589. The first-order valence-corrected chi connectivity index (χ1v) is 6.27. The van der Waals surface area contributed by atoms with Gasteiger partial charge in [-0.15, -0.1) is 0 Å². The Bertz CT molecular complexity index is 85.9. The highest BCUT2D eigenvalue weighted by atomic mass is 32.2. The third-order valence-electron chi connectivity index (χ3n) is 1.79. The second kappa shape index (κ2) is 9.40. The standard InChI is InChI=1S/C10H23NS/c1-4-7-11-10(3)6-9-12-8-5-2/h10-11H,4-9H2,1-3H3. The molecule has 0 rings (SSSR count). The van der Waals surface area contributed by atoms with Gasteiger partial charge in [0.05, 0.1) is 0 Å². The monoisotopic (exact) mass is 189 g/mol. The third kappa shape index (κ3) is 8.41. The van der Waals surface area contributed by atoms with Crippen molar-refractivity contribution < 1.29 is 0 Å². The van der Waals surface area contributed by atoms with Crippen molar-refractivity contribution in [2.24, 2.45) is 0 Å². The lowest BCUT2D eigenvalue weighted by molar-refractivity contribution is 0.536. The van der Waals surface area contributed by atoms with Crippen LogP contribution < -0.4 is 5.32 Å². The van der Waals surface area contributed by atoms with Crippen molar-refractivity contribution in [1.29, 1.82) is 0 Å². The minimum atomic E-state index is 0.703. The van der Waals surface area contributed by atoms with Gasteiger partial charge in [-0.3, -0.25) is 0 Å². The number of hydrogen-bond acceptors (Lipinski definition) is 2. The van der Waals surface area contributed by atoms with E-state index >= 15 is 0 Å². The fourth-order valence-corrected chi connectivity index (χ4v) is 2.01. The largest absolute Gasteiger partial charge is 0.314 e. The smallest absolute Gasteiger partial charge is 0.00465 e. The lowest BCUT2D eigenvalue weighted by Gasteiger charge is -2.12. The summed E-state index contributed by atoms with van der Waals surface area (Å²) in [5.74, 6) is 2.63. The van der Waals surface area contributed by atoms with Gasteiger partial charge in [-0.1, -0.05) is 13.8 Å². The molecule has 0 aliphatic carbocycles. The second-order valence-electron chi connectivity index (χ2n) is 3.26. The van der Waals surface area contributed by atoms with E-state index in [9.17, 15) is 0 Å². The van der Waals surface area contributed by atoms with E-state index in [0.717, 1.165) is 0 Å². The summed E-state index contributed by atoms with van der Waals surface area (Å²) in [5.41, 5.74) is 0. The first kappa shape index (κ1) is 12.3. The molecule has 0 aromatic rings. The molecule has 1 N–H and O–H groups in total. The molecule has 0 saturated carbocycles. The molecule has 1 nitrogen and oxygen atoms in total. The summed E-state index contributed by atoms with van der Waals surface area (Å²) in [4.78, 5) is 0. The molecule has 0 heterocycles. The number of hydrogen-bond donors (Lipinski definition) is 1. The third-order valence-corrected chi connectivity index (χ3v) is 3.01. The van der Waals surface area contributed by atoms with Gasteiger partial charge in [-0.05, 0) is 44.2 Å². The van der Waals surface area contributed by atoms with Crippen LogP contribution in [0.15, 0.2) is 0 Å². The maximum Gasteiger partial charge on any atom is 0.00465 e. The maximum absolute atomic E-state index is 3.50. The van der Waals surface area contributed by atoms with E-state index in [1.165, 1.54) is 37.3 Å². The van der Waals surface area contributed by atoms with Gasteiger partial charge in [0, 0.05) is 6.04 Å². The minimum Gasteiger partial charge on any atom is -0.314 e. The first-order chi connectivity index (χ1) is 5.81. The van der Waals surface area contributed by atoms with Crippen LogP contribution >= 0.6 is 11.8 Å². The van der Waals surface area contributed by atoms with E-state index in [1.54, 1.807) is 0 Å². The average Bonchev–Trinajstić information content (AvgIpc) is 2.09. The van der Waals surface area contributed by atoms with Gasteiger partial charge in [0.2, 0.25) is 0 Å². The summed E-state index contributed by atoms with van der Waals surface area (Å²) < 4.78 is 0. The minimum absolute atomic E-state index is 0.703. The van der Waals surface area contributed by atoms with Gasteiger partial charge in [0.1, 0.15) is 0 Å². The first-order valence-electron chi connectivity index (χ1n) is 5.12. The van der Waals surface area contributed by atoms with Crippen LogP contribution in [0.3, 0.4) is 0 Å². The Balaban J connectivity index is 3.02. The summed E-state index contributed by atoms with van der Waals surface area (Å²) in [6.45, 7) is 7.90. The molecular weight excluding hydrogens is 166 g/mol. The zero-order chi connectivity index (χ0) is 9.23. The van der Waals surface area contributed by atoms with Gasteiger partial charge >= 0.3 is 0 Å². The molecule has 1 atom stereocenters. The number of rotatable bonds is 8. The lowest BCUT2D eigenvalue weighted by Crippen LogP contribution is -2.27. The van der Waals surface area contributed by atoms with Crippen molar-refractivity contribution in [2.75, 3.05) is 18.1 Å². The van der Waals surface area contributed by atoms with Crippen molar-refractivity contribution >= 4 is 11.8 Å². The van der Waals surface area contributed by atoms with Gasteiger partial charge < -0.3 is 5.32 Å². The summed E-state index contributed by atoms with van der Waals surface area (Å²) in [7, 11) is 0. The van der Waals surface area contributed by atoms with Crippen LogP contribution in [0.4, 0.5) is 0 Å². The number of nitrogens with one attached hydrogen (secondary N) is 1. The molecule has 0 radical (unpaired) electrons. The van der Waals surface area contributed by atoms with Crippen LogP contribution in [0.1, 0.15) is 40.0 Å². The Morgan fingerprint density at radius 3 is 2.50 bits per heavy atom. The molecule has 0 aromatic carbocycles. The van der Waals surface area contributed by atoms with Gasteiger partial charge in [0.25, 0.3) is 0 Å². The van der Waals surface area contributed by atoms with Crippen LogP contribution in [-0.4, -0.2) is 24.1 Å². The average molecular weight is 189 g/mol. The zero-order valence-corrected chi connectivity index (χ0v) is 9.54. The van der Waals surface area contributed by atoms with Crippen molar-refractivity contribution in [3.8, 4) is 0 Å². The fraction of sp³-hybridized carbons (Fsp3) is 1.00. The Hall–Kier alpha value is 0.310. The van der Waals surface area contributed by atoms with Crippen molar-refractivity contribution in [2.45, 2.75) is 46.1 Å². The van der Waals surface area contributed by atoms with Crippen LogP contribution in [0.25, 0.3) is 0 Å². The van der Waals surface area contributed by atoms with E-state index in [0.29, 0.717) is 6.04 Å². The predicted octanol–water partition coefficient (Wildman–Crippen LogP) is 2.91. The van der Waals surface area contributed by atoms with Crippen molar-refractivity contribution in [1.82, 2.24) is 5.32 Å². The Morgan fingerprint density at radius 1 is 1.17 bits per heavy atom. The molecule has 0 fully saturated rings. The van der Waals surface area contributed by atoms with Gasteiger partial charge in [0.15, 0.2) is 0 Å². The molecule has 2 heteroatoms. The van der Waals surface area contributed by atoms with E-state index < -0.39 is 0 Å². The lowest BCUT2D eigenvalue weighted by atomic mass is 10.2. The molecule has 0 aliphatic rings. The van der Waals surface area contributed by atoms with Crippen LogP contribution in [-0.2, 0) is 0 Å². The maximum atomic E-state index is 3.50. The zero-order valence-electron chi connectivity index (χ0n) is 8.73. The Morgan fingerprint density at radius 2 is 1.92 bits per heavy atom. The van der Waals surface area contributed by atoms with E-state index in [1.807, 2.05) is 0 Å². The fourth-order valence-electron chi connectivity index (χ4n) is 0.999. The highest BCUT2D eigenvalue weighted by Crippen LogP contribution is 2.05. The SMILES string of the molecule is CCCNC(C)CCSCCC. The molecule has 0 bridgehead atoms. The summed E-state index contributed by atoms with van der Waals surface area (Å²) in [6, 6.07) is 0.703. The van der Waals surface area contributed by atoms with Crippen molar-refractivity contribution in [3.05, 3.63) is 0 Å². The molecule has 74 valence electrons. The van der Waals surface area contributed by atoms with E-state index in [-0.39, 0.29) is 0 Å². The predicted molar refractivity (Wildman–Crippen MR) is 60.0 cm³/mol. The van der Waals surface area contributed by atoms with E-state index in [4.69, 9.17) is 0 Å². The molecule has 0 saturated heterocycles. The molecular formula is C10H23NS. The summed E-state index contributed by atoms with van der Waals surface area (Å²) in [6.07, 6.45) is 3.86. The molecule has 0 spiro atoms.